The molecule has 1 rings (SSSR count). The molecule has 24 heavy (non-hydrogen) atoms. The van der Waals surface area contributed by atoms with Crippen molar-refractivity contribution in [2.45, 2.75) is 24.2 Å². The molecule has 0 atom stereocenters. The predicted molar refractivity (Wildman–Crippen MR) is 91.9 cm³/mol. The van der Waals surface area contributed by atoms with E-state index in [0.717, 1.165) is 0 Å². The van der Waals surface area contributed by atoms with Crippen molar-refractivity contribution in [3.8, 4) is 0 Å². The fourth-order valence-electron chi connectivity index (χ4n) is 1.86. The van der Waals surface area contributed by atoms with Crippen molar-refractivity contribution < 1.29 is 18.0 Å². The Balaban J connectivity index is 2.61. The molecule has 0 fully saturated rings. The van der Waals surface area contributed by atoms with Crippen molar-refractivity contribution in [2.75, 3.05) is 32.5 Å². The average molecular weight is 356 g/mol. The van der Waals surface area contributed by atoms with Crippen LogP contribution in [0.15, 0.2) is 29.2 Å². The molecule has 0 aliphatic heterocycles. The number of benzene rings is 1. The lowest BCUT2D eigenvalue weighted by Crippen LogP contribution is -2.29. The number of amides is 2. The van der Waals surface area contributed by atoms with Crippen LogP contribution in [0.4, 0.5) is 5.69 Å². The van der Waals surface area contributed by atoms with Gasteiger partial charge in [0.1, 0.15) is 0 Å². The van der Waals surface area contributed by atoms with E-state index in [0.29, 0.717) is 12.1 Å². The lowest BCUT2D eigenvalue weighted by molar-refractivity contribution is -0.128. The number of rotatable bonds is 9. The first-order valence-electron chi connectivity index (χ1n) is 7.56. The van der Waals surface area contributed by atoms with E-state index < -0.39 is 10.0 Å². The van der Waals surface area contributed by atoms with Crippen molar-refractivity contribution in [1.29, 1.82) is 0 Å². The zero-order valence-electron chi connectivity index (χ0n) is 13.9. The summed E-state index contributed by atoms with van der Waals surface area (Å²) in [6, 6.07) is 5.96. The molecule has 0 aromatic heterocycles. The van der Waals surface area contributed by atoms with Gasteiger partial charge in [-0.05, 0) is 24.6 Å². The summed E-state index contributed by atoms with van der Waals surface area (Å²) in [7, 11) is -0.330. The SMILES string of the molecule is CN(C)C(=O)CCCC(=O)Nc1cccc(S(=O)(=O)NCCN)c1. The van der Waals surface area contributed by atoms with E-state index in [1.54, 1.807) is 26.2 Å². The first kappa shape index (κ1) is 20.1. The topological polar surface area (TPSA) is 122 Å². The summed E-state index contributed by atoms with van der Waals surface area (Å²) in [5, 5.41) is 2.63. The van der Waals surface area contributed by atoms with Gasteiger partial charge in [0.25, 0.3) is 0 Å². The van der Waals surface area contributed by atoms with Gasteiger partial charge < -0.3 is 16.0 Å². The summed E-state index contributed by atoms with van der Waals surface area (Å²) in [6.45, 7) is 0.333. The Bertz CT molecular complexity index is 674. The molecule has 2 amide bonds. The number of anilines is 1. The maximum Gasteiger partial charge on any atom is 0.240 e. The van der Waals surface area contributed by atoms with E-state index in [9.17, 15) is 18.0 Å². The molecule has 1 aromatic rings. The fraction of sp³-hybridized carbons (Fsp3) is 0.467. The lowest BCUT2D eigenvalue weighted by atomic mass is 10.2. The third kappa shape index (κ3) is 6.65. The maximum atomic E-state index is 12.0. The highest BCUT2D eigenvalue weighted by atomic mass is 32.2. The molecule has 0 unspecified atom stereocenters. The third-order valence-electron chi connectivity index (χ3n) is 3.16. The Morgan fingerprint density at radius 1 is 1.21 bits per heavy atom. The molecule has 8 nitrogen and oxygen atoms in total. The average Bonchev–Trinajstić information content (AvgIpc) is 2.53. The van der Waals surface area contributed by atoms with Crippen molar-refractivity contribution in [3.63, 3.8) is 0 Å². The molecular formula is C15H24N4O4S. The molecular weight excluding hydrogens is 332 g/mol. The van der Waals surface area contributed by atoms with Gasteiger partial charge in [-0.2, -0.15) is 0 Å². The molecule has 0 aliphatic carbocycles. The second-order valence-corrected chi connectivity index (χ2v) is 7.17. The monoisotopic (exact) mass is 356 g/mol. The van der Waals surface area contributed by atoms with Crippen molar-refractivity contribution in [2.24, 2.45) is 5.73 Å². The Kier molecular flexibility index (Phi) is 7.83. The molecule has 134 valence electrons. The summed E-state index contributed by atoms with van der Waals surface area (Å²) in [6.07, 6.45) is 0.902. The minimum atomic E-state index is -3.65. The zero-order valence-corrected chi connectivity index (χ0v) is 14.7. The summed E-state index contributed by atoms with van der Waals surface area (Å²) < 4.78 is 26.4. The molecule has 0 bridgehead atoms. The molecule has 0 saturated heterocycles. The van der Waals surface area contributed by atoms with E-state index in [1.807, 2.05) is 0 Å². The molecule has 0 heterocycles. The minimum Gasteiger partial charge on any atom is -0.349 e. The summed E-state index contributed by atoms with van der Waals surface area (Å²) in [4.78, 5) is 24.8. The second kappa shape index (κ2) is 9.36. The van der Waals surface area contributed by atoms with Crippen LogP contribution >= 0.6 is 0 Å². The maximum absolute atomic E-state index is 12.0. The fourth-order valence-corrected chi connectivity index (χ4v) is 2.96. The van der Waals surface area contributed by atoms with Crippen LogP contribution in [0.25, 0.3) is 0 Å². The second-order valence-electron chi connectivity index (χ2n) is 5.40. The largest absolute Gasteiger partial charge is 0.349 e. The van der Waals surface area contributed by atoms with Crippen LogP contribution in [-0.2, 0) is 19.6 Å². The van der Waals surface area contributed by atoms with Gasteiger partial charge in [0.2, 0.25) is 21.8 Å². The van der Waals surface area contributed by atoms with E-state index in [4.69, 9.17) is 5.73 Å². The van der Waals surface area contributed by atoms with E-state index >= 15 is 0 Å². The number of carbonyl (C=O) groups excluding carboxylic acids is 2. The number of hydrogen-bond donors (Lipinski definition) is 3. The molecule has 9 heteroatoms. The van der Waals surface area contributed by atoms with Gasteiger partial charge in [0.05, 0.1) is 4.90 Å². The molecule has 0 radical (unpaired) electrons. The van der Waals surface area contributed by atoms with Crippen LogP contribution < -0.4 is 15.8 Å². The smallest absolute Gasteiger partial charge is 0.240 e. The summed E-state index contributed by atoms with van der Waals surface area (Å²) >= 11 is 0. The third-order valence-corrected chi connectivity index (χ3v) is 4.62. The highest BCUT2D eigenvalue weighted by Gasteiger charge is 2.14. The summed E-state index contributed by atoms with van der Waals surface area (Å²) in [5.74, 6) is -0.312. The van der Waals surface area contributed by atoms with Gasteiger partial charge >= 0.3 is 0 Å². The Morgan fingerprint density at radius 2 is 1.92 bits per heavy atom. The number of carbonyl (C=O) groups is 2. The molecule has 0 spiro atoms. The van der Waals surface area contributed by atoms with Crippen LogP contribution in [0.5, 0.6) is 0 Å². The molecule has 1 aromatic carbocycles. The van der Waals surface area contributed by atoms with E-state index in [2.05, 4.69) is 10.0 Å². The minimum absolute atomic E-state index is 0.0399. The standard InChI is InChI=1S/C15H24N4O4S/c1-19(2)15(21)8-4-7-14(20)18-12-5-3-6-13(11-12)24(22,23)17-10-9-16/h3,5-6,11,17H,4,7-10,16H2,1-2H3,(H,18,20). The number of nitrogens with zero attached hydrogens (tertiary/aromatic N) is 1. The first-order valence-corrected chi connectivity index (χ1v) is 9.04. The predicted octanol–water partition coefficient (Wildman–Crippen LogP) is 0.121. The molecule has 0 aliphatic rings. The van der Waals surface area contributed by atoms with E-state index in [-0.39, 0.29) is 42.6 Å². The Labute approximate surface area is 142 Å². The normalized spacial score (nSPS) is 11.1. The summed E-state index contributed by atoms with van der Waals surface area (Å²) in [5.41, 5.74) is 5.67. The van der Waals surface area contributed by atoms with Gasteiger partial charge in [-0.3, -0.25) is 9.59 Å². The van der Waals surface area contributed by atoms with Crippen LogP contribution in [0.1, 0.15) is 19.3 Å². The molecule has 0 saturated carbocycles. The highest BCUT2D eigenvalue weighted by molar-refractivity contribution is 7.89. The van der Waals surface area contributed by atoms with Gasteiger partial charge in [0, 0.05) is 45.7 Å². The van der Waals surface area contributed by atoms with Crippen molar-refractivity contribution >= 4 is 27.5 Å². The molecule has 4 N–H and O–H groups in total. The van der Waals surface area contributed by atoms with Crippen LogP contribution in [0.3, 0.4) is 0 Å². The number of sulfonamides is 1. The van der Waals surface area contributed by atoms with Crippen LogP contribution in [0, 0.1) is 0 Å². The quantitative estimate of drug-likeness (QED) is 0.580. The number of nitrogens with one attached hydrogen (secondary N) is 2. The number of hydrogen-bond acceptors (Lipinski definition) is 5. The van der Waals surface area contributed by atoms with E-state index in [1.165, 1.54) is 17.0 Å². The van der Waals surface area contributed by atoms with Crippen molar-refractivity contribution in [1.82, 2.24) is 9.62 Å². The van der Waals surface area contributed by atoms with Crippen LogP contribution in [0.2, 0.25) is 0 Å². The Hall–Kier alpha value is -1.97. The van der Waals surface area contributed by atoms with Gasteiger partial charge in [0.15, 0.2) is 0 Å². The van der Waals surface area contributed by atoms with Gasteiger partial charge in [-0.15, -0.1) is 0 Å². The van der Waals surface area contributed by atoms with Gasteiger partial charge in [-0.1, -0.05) is 6.07 Å². The zero-order chi connectivity index (χ0) is 18.2. The Morgan fingerprint density at radius 3 is 2.54 bits per heavy atom. The first-order chi connectivity index (χ1) is 11.3. The van der Waals surface area contributed by atoms with Crippen molar-refractivity contribution in [3.05, 3.63) is 24.3 Å². The highest BCUT2D eigenvalue weighted by Crippen LogP contribution is 2.15. The van der Waals surface area contributed by atoms with Gasteiger partial charge in [-0.25, -0.2) is 13.1 Å². The number of nitrogens with two attached hydrogens (primary N) is 1. The van der Waals surface area contributed by atoms with Crippen LogP contribution in [-0.4, -0.2) is 52.3 Å². The lowest BCUT2D eigenvalue weighted by Gasteiger charge is -2.10.